The fourth-order valence-electron chi connectivity index (χ4n) is 3.47. The molecule has 1 N–H and O–H groups in total. The average Bonchev–Trinajstić information content (AvgIpc) is 2.84. The van der Waals surface area contributed by atoms with E-state index in [9.17, 15) is 9.18 Å². The molecule has 2 aliphatic rings. The number of urea groups is 1. The number of halogens is 1. The van der Waals surface area contributed by atoms with Gasteiger partial charge in [0.25, 0.3) is 0 Å². The molecule has 1 fully saturated rings. The van der Waals surface area contributed by atoms with Gasteiger partial charge in [0.05, 0.1) is 0 Å². The van der Waals surface area contributed by atoms with Crippen LogP contribution in [0.1, 0.15) is 11.1 Å². The van der Waals surface area contributed by atoms with Crippen molar-refractivity contribution in [2.75, 3.05) is 38.1 Å². The molecule has 6 heteroatoms. The summed E-state index contributed by atoms with van der Waals surface area (Å²) < 4.78 is 20.3. The van der Waals surface area contributed by atoms with Crippen molar-refractivity contribution in [3.8, 4) is 11.5 Å². The Morgan fingerprint density at radius 2 is 1.85 bits per heavy atom. The summed E-state index contributed by atoms with van der Waals surface area (Å²) in [5.41, 5.74) is 3.11. The van der Waals surface area contributed by atoms with Crippen LogP contribution in [0.5, 0.6) is 11.5 Å². The Morgan fingerprint density at radius 3 is 2.58 bits per heavy atom. The summed E-state index contributed by atoms with van der Waals surface area (Å²) in [6.45, 7) is 3.13. The van der Waals surface area contributed by atoms with Gasteiger partial charge in [-0.05, 0) is 61.3 Å². The molecule has 0 radical (unpaired) electrons. The number of nitrogens with one attached hydrogen (secondary N) is 1. The van der Waals surface area contributed by atoms with Crippen molar-refractivity contribution in [2.45, 2.75) is 12.8 Å². The van der Waals surface area contributed by atoms with Gasteiger partial charge in [-0.25, -0.2) is 9.18 Å². The highest BCUT2D eigenvalue weighted by atomic mass is 19.1. The van der Waals surface area contributed by atoms with E-state index in [1.54, 1.807) is 29.0 Å². The number of hydrogen-bond acceptors (Lipinski definition) is 3. The standard InChI is InChI=1S/C20H22FN3O2/c1-23-10-11-24(20(23)25)16-3-5-19(18(21)13-16)26-17-4-2-14-6-8-22-9-7-15(14)12-17/h2-5,12-13,22H,6-11H2,1H3. The predicted octanol–water partition coefficient (Wildman–Crippen LogP) is 3.18. The molecule has 0 atom stereocenters. The normalized spacial score (nSPS) is 17.2. The van der Waals surface area contributed by atoms with Crippen LogP contribution in [0.2, 0.25) is 0 Å². The van der Waals surface area contributed by atoms with Crippen molar-refractivity contribution in [3.05, 3.63) is 53.3 Å². The minimum atomic E-state index is -0.471. The lowest BCUT2D eigenvalue weighted by molar-refractivity contribution is 0.229. The molecule has 1 saturated heterocycles. The lowest BCUT2D eigenvalue weighted by Crippen LogP contribution is -2.29. The van der Waals surface area contributed by atoms with Crippen LogP contribution in [-0.4, -0.2) is 44.2 Å². The third kappa shape index (κ3) is 3.24. The topological polar surface area (TPSA) is 44.8 Å². The molecule has 2 aliphatic heterocycles. The molecule has 2 heterocycles. The molecular formula is C20H22FN3O2. The van der Waals surface area contributed by atoms with Crippen LogP contribution in [0.3, 0.4) is 0 Å². The van der Waals surface area contributed by atoms with E-state index in [-0.39, 0.29) is 11.8 Å². The second-order valence-electron chi connectivity index (χ2n) is 6.75. The maximum Gasteiger partial charge on any atom is 0.324 e. The zero-order chi connectivity index (χ0) is 18.1. The number of amides is 2. The van der Waals surface area contributed by atoms with E-state index in [1.165, 1.54) is 17.2 Å². The van der Waals surface area contributed by atoms with Crippen molar-refractivity contribution < 1.29 is 13.9 Å². The molecule has 0 aliphatic carbocycles. The Bertz CT molecular complexity index is 840. The SMILES string of the molecule is CN1CCN(c2ccc(Oc3ccc4c(c3)CCNCC4)c(F)c2)C1=O. The predicted molar refractivity (Wildman–Crippen MR) is 98.6 cm³/mol. The van der Waals surface area contributed by atoms with Crippen LogP contribution in [0.25, 0.3) is 0 Å². The summed E-state index contributed by atoms with van der Waals surface area (Å²) >= 11 is 0. The zero-order valence-electron chi connectivity index (χ0n) is 14.8. The Balaban J connectivity index is 1.54. The minimum absolute atomic E-state index is 0.113. The van der Waals surface area contributed by atoms with E-state index < -0.39 is 5.82 Å². The lowest BCUT2D eigenvalue weighted by Gasteiger charge is -2.17. The van der Waals surface area contributed by atoms with Gasteiger partial charge in [-0.1, -0.05) is 6.07 Å². The summed E-state index contributed by atoms with van der Waals surface area (Å²) in [6.07, 6.45) is 1.94. The van der Waals surface area contributed by atoms with Gasteiger partial charge in [-0.2, -0.15) is 0 Å². The fraction of sp³-hybridized carbons (Fsp3) is 0.350. The van der Waals surface area contributed by atoms with Crippen LogP contribution in [0.4, 0.5) is 14.9 Å². The number of nitrogens with zero attached hydrogens (tertiary/aromatic N) is 2. The number of ether oxygens (including phenoxy) is 1. The van der Waals surface area contributed by atoms with E-state index in [1.807, 2.05) is 12.1 Å². The van der Waals surface area contributed by atoms with Crippen LogP contribution in [0, 0.1) is 5.82 Å². The van der Waals surface area contributed by atoms with Gasteiger partial charge < -0.3 is 15.0 Å². The van der Waals surface area contributed by atoms with E-state index >= 15 is 0 Å². The largest absolute Gasteiger partial charge is 0.454 e. The maximum atomic E-state index is 14.5. The number of fused-ring (bicyclic) bond motifs is 1. The van der Waals surface area contributed by atoms with E-state index in [2.05, 4.69) is 11.4 Å². The average molecular weight is 355 g/mol. The van der Waals surface area contributed by atoms with Crippen molar-refractivity contribution in [1.82, 2.24) is 10.2 Å². The van der Waals surface area contributed by atoms with Gasteiger partial charge in [0.1, 0.15) is 5.75 Å². The van der Waals surface area contributed by atoms with Crippen LogP contribution in [-0.2, 0) is 12.8 Å². The third-order valence-electron chi connectivity index (χ3n) is 4.99. The molecule has 26 heavy (non-hydrogen) atoms. The van der Waals surface area contributed by atoms with Gasteiger partial charge in [0, 0.05) is 31.9 Å². The highest BCUT2D eigenvalue weighted by molar-refractivity contribution is 5.94. The molecular weight excluding hydrogens is 333 g/mol. The Hall–Kier alpha value is -2.60. The monoisotopic (exact) mass is 355 g/mol. The molecule has 2 aromatic rings. The molecule has 5 nitrogen and oxygen atoms in total. The number of rotatable bonds is 3. The van der Waals surface area contributed by atoms with Crippen LogP contribution in [0.15, 0.2) is 36.4 Å². The molecule has 136 valence electrons. The number of carbonyl (C=O) groups excluding carboxylic acids is 1. The summed E-state index contributed by atoms with van der Waals surface area (Å²) in [5, 5.41) is 3.38. The van der Waals surface area contributed by atoms with E-state index in [0.717, 1.165) is 25.9 Å². The highest BCUT2D eigenvalue weighted by Gasteiger charge is 2.27. The summed E-state index contributed by atoms with van der Waals surface area (Å²) in [7, 11) is 1.74. The number of hydrogen-bond donors (Lipinski definition) is 1. The molecule has 0 unspecified atom stereocenters. The third-order valence-corrected chi connectivity index (χ3v) is 4.99. The number of anilines is 1. The molecule has 2 aromatic carbocycles. The molecule has 0 saturated carbocycles. The highest BCUT2D eigenvalue weighted by Crippen LogP contribution is 2.30. The Kier molecular flexibility index (Phi) is 4.51. The number of carbonyl (C=O) groups is 1. The van der Waals surface area contributed by atoms with Crippen molar-refractivity contribution in [2.24, 2.45) is 0 Å². The number of likely N-dealkylation sites (N-methyl/N-ethyl adjacent to an activating group) is 1. The van der Waals surface area contributed by atoms with E-state index in [0.29, 0.717) is 24.5 Å². The number of benzene rings is 2. The van der Waals surface area contributed by atoms with E-state index in [4.69, 9.17) is 4.74 Å². The smallest absolute Gasteiger partial charge is 0.324 e. The van der Waals surface area contributed by atoms with Crippen LogP contribution < -0.4 is 15.0 Å². The molecule has 4 rings (SSSR count). The first kappa shape index (κ1) is 16.8. The second kappa shape index (κ2) is 6.96. The van der Waals surface area contributed by atoms with Gasteiger partial charge in [0.2, 0.25) is 0 Å². The maximum absolute atomic E-state index is 14.5. The lowest BCUT2D eigenvalue weighted by atomic mass is 10.0. The second-order valence-corrected chi connectivity index (χ2v) is 6.75. The van der Waals surface area contributed by atoms with Gasteiger partial charge in [-0.15, -0.1) is 0 Å². The first-order chi connectivity index (χ1) is 12.6. The zero-order valence-corrected chi connectivity index (χ0v) is 14.8. The van der Waals surface area contributed by atoms with Gasteiger partial charge in [0.15, 0.2) is 11.6 Å². The van der Waals surface area contributed by atoms with Crippen molar-refractivity contribution >= 4 is 11.7 Å². The summed E-state index contributed by atoms with van der Waals surface area (Å²) in [6, 6.07) is 10.5. The Morgan fingerprint density at radius 1 is 1.04 bits per heavy atom. The molecule has 0 spiro atoms. The minimum Gasteiger partial charge on any atom is -0.454 e. The summed E-state index contributed by atoms with van der Waals surface area (Å²) in [4.78, 5) is 15.2. The molecule has 0 aromatic heterocycles. The first-order valence-electron chi connectivity index (χ1n) is 8.94. The van der Waals surface area contributed by atoms with Crippen molar-refractivity contribution in [3.63, 3.8) is 0 Å². The van der Waals surface area contributed by atoms with Gasteiger partial charge in [-0.3, -0.25) is 4.90 Å². The fourth-order valence-corrected chi connectivity index (χ4v) is 3.47. The molecule has 2 amide bonds. The van der Waals surface area contributed by atoms with Crippen LogP contribution >= 0.6 is 0 Å². The summed E-state index contributed by atoms with van der Waals surface area (Å²) in [5.74, 6) is 0.330. The van der Waals surface area contributed by atoms with Gasteiger partial charge >= 0.3 is 6.03 Å². The molecule has 0 bridgehead atoms. The first-order valence-corrected chi connectivity index (χ1v) is 8.94. The quantitative estimate of drug-likeness (QED) is 0.920. The Labute approximate surface area is 152 Å². The van der Waals surface area contributed by atoms with Crippen molar-refractivity contribution in [1.29, 1.82) is 0 Å².